The zero-order valence-corrected chi connectivity index (χ0v) is 24.0. The molecule has 168 valence electrons. The molecule has 0 spiro atoms. The van der Waals surface area contributed by atoms with Crippen molar-refractivity contribution in [2.75, 3.05) is 0 Å². The van der Waals surface area contributed by atoms with Crippen molar-refractivity contribution in [1.29, 1.82) is 0 Å². The SMILES string of the molecule is C[CH2][Sn]([CH2]C)([O]C(=O)c1ccccc1F)[O][Sn]([CH2]C)([CH2]C)[O]C(=O)c1ccccc1F. The monoisotopic (exact) mass is 650 g/mol. The van der Waals surface area contributed by atoms with Crippen molar-refractivity contribution in [2.45, 2.75) is 45.4 Å². The Labute approximate surface area is 192 Å². The number of benzene rings is 2. The Hall–Kier alpha value is -1.20. The first-order valence-corrected chi connectivity index (χ1v) is 23.1. The molecule has 31 heavy (non-hydrogen) atoms. The van der Waals surface area contributed by atoms with E-state index in [0.29, 0.717) is 17.7 Å². The predicted octanol–water partition coefficient (Wildman–Crippen LogP) is 5.96. The fourth-order valence-corrected chi connectivity index (χ4v) is 39.7. The van der Waals surface area contributed by atoms with Crippen LogP contribution in [0.2, 0.25) is 17.7 Å². The van der Waals surface area contributed by atoms with Crippen LogP contribution >= 0.6 is 0 Å². The van der Waals surface area contributed by atoms with Crippen LogP contribution < -0.4 is 0 Å². The Bertz CT molecular complexity index is 841. The van der Waals surface area contributed by atoms with Crippen LogP contribution in [-0.2, 0) is 7.56 Å². The number of carbonyl (C=O) groups excluding carboxylic acids is 2. The number of rotatable bonds is 10. The van der Waals surface area contributed by atoms with Gasteiger partial charge in [0.2, 0.25) is 0 Å². The van der Waals surface area contributed by atoms with E-state index in [1.165, 1.54) is 36.4 Å². The molecule has 0 amide bonds. The average Bonchev–Trinajstić information content (AvgIpc) is 2.78. The minimum atomic E-state index is -4.08. The van der Waals surface area contributed by atoms with Gasteiger partial charge in [-0.2, -0.15) is 0 Å². The fourth-order valence-electron chi connectivity index (χ4n) is 3.16. The summed E-state index contributed by atoms with van der Waals surface area (Å²) in [6.45, 7) is 7.48. The molecule has 0 radical (unpaired) electrons. The second kappa shape index (κ2) is 11.6. The van der Waals surface area contributed by atoms with Gasteiger partial charge in [-0.05, 0) is 0 Å². The van der Waals surface area contributed by atoms with Crippen LogP contribution in [0, 0.1) is 11.6 Å². The van der Waals surface area contributed by atoms with E-state index in [1.807, 2.05) is 27.7 Å². The van der Waals surface area contributed by atoms with Gasteiger partial charge < -0.3 is 0 Å². The Morgan fingerprint density at radius 3 is 1.29 bits per heavy atom. The van der Waals surface area contributed by atoms with Crippen molar-refractivity contribution in [3.8, 4) is 0 Å². The van der Waals surface area contributed by atoms with Gasteiger partial charge in [-0.1, -0.05) is 0 Å². The zero-order chi connectivity index (χ0) is 23.1. The third kappa shape index (κ3) is 6.41. The molecular weight excluding hydrogens is 620 g/mol. The van der Waals surface area contributed by atoms with Gasteiger partial charge in [-0.25, -0.2) is 0 Å². The molecule has 5 nitrogen and oxygen atoms in total. The van der Waals surface area contributed by atoms with Gasteiger partial charge in [0, 0.05) is 0 Å². The summed E-state index contributed by atoms with van der Waals surface area (Å²) in [7, 11) is 0. The van der Waals surface area contributed by atoms with E-state index in [1.54, 1.807) is 12.1 Å². The van der Waals surface area contributed by atoms with Crippen LogP contribution in [0.4, 0.5) is 8.78 Å². The van der Waals surface area contributed by atoms with E-state index in [9.17, 15) is 18.4 Å². The molecule has 0 aliphatic carbocycles. The van der Waals surface area contributed by atoms with Crippen LogP contribution in [-0.4, -0.2) is 50.3 Å². The molecule has 0 fully saturated rings. The van der Waals surface area contributed by atoms with Gasteiger partial charge in [0.1, 0.15) is 0 Å². The van der Waals surface area contributed by atoms with Crippen molar-refractivity contribution in [1.82, 2.24) is 0 Å². The summed E-state index contributed by atoms with van der Waals surface area (Å²) in [5.74, 6) is -2.84. The third-order valence-electron chi connectivity index (χ3n) is 5.27. The summed E-state index contributed by atoms with van der Waals surface area (Å²) in [6, 6.07) is 11.3. The van der Waals surface area contributed by atoms with Crippen LogP contribution in [0.1, 0.15) is 48.4 Å². The van der Waals surface area contributed by atoms with Crippen molar-refractivity contribution < 1.29 is 25.9 Å². The van der Waals surface area contributed by atoms with E-state index in [2.05, 4.69) is 0 Å². The number of hydrogen-bond donors (Lipinski definition) is 0. The Morgan fingerprint density at radius 2 is 1.00 bits per heavy atom. The maximum atomic E-state index is 14.1. The van der Waals surface area contributed by atoms with E-state index in [-0.39, 0.29) is 11.1 Å². The average molecular weight is 648 g/mol. The van der Waals surface area contributed by atoms with Gasteiger partial charge in [0.15, 0.2) is 0 Å². The molecule has 2 aromatic carbocycles. The molecule has 2 rings (SSSR count). The zero-order valence-electron chi connectivity index (χ0n) is 18.2. The van der Waals surface area contributed by atoms with Crippen LogP contribution in [0.3, 0.4) is 0 Å². The van der Waals surface area contributed by atoms with E-state index in [4.69, 9.17) is 7.56 Å². The molecule has 0 heterocycles. The second-order valence-electron chi connectivity index (χ2n) is 7.08. The Balaban J connectivity index is 2.31. The Morgan fingerprint density at radius 1 is 0.677 bits per heavy atom. The van der Waals surface area contributed by atoms with Crippen LogP contribution in [0.15, 0.2) is 48.5 Å². The van der Waals surface area contributed by atoms with Crippen molar-refractivity contribution >= 4 is 50.3 Å². The van der Waals surface area contributed by atoms with E-state index in [0.717, 1.165) is 0 Å². The normalized spacial score (nSPS) is 11.8. The van der Waals surface area contributed by atoms with Crippen LogP contribution in [0.5, 0.6) is 0 Å². The number of halogens is 2. The molecular formula is C22H28F2O5Sn2. The van der Waals surface area contributed by atoms with Gasteiger partial charge in [-0.3, -0.25) is 0 Å². The first kappa shape index (κ1) is 26.1. The van der Waals surface area contributed by atoms with Gasteiger partial charge >= 0.3 is 193 Å². The summed E-state index contributed by atoms with van der Waals surface area (Å²) < 4.78 is 48.4. The summed E-state index contributed by atoms with van der Waals surface area (Å²) in [5.41, 5.74) is -0.294. The number of hydrogen-bond acceptors (Lipinski definition) is 5. The predicted molar refractivity (Wildman–Crippen MR) is 118 cm³/mol. The second-order valence-corrected chi connectivity index (χ2v) is 31.2. The van der Waals surface area contributed by atoms with E-state index >= 15 is 0 Å². The fraction of sp³-hybridized carbons (Fsp3) is 0.364. The van der Waals surface area contributed by atoms with Crippen molar-refractivity contribution in [2.24, 2.45) is 0 Å². The van der Waals surface area contributed by atoms with Gasteiger partial charge in [-0.15, -0.1) is 0 Å². The summed E-state index contributed by atoms with van der Waals surface area (Å²) >= 11 is -8.16. The van der Waals surface area contributed by atoms with Crippen LogP contribution in [0.25, 0.3) is 0 Å². The minimum absolute atomic E-state index is 0.147. The topological polar surface area (TPSA) is 61.8 Å². The third-order valence-corrected chi connectivity index (χ3v) is 37.1. The molecule has 0 atom stereocenters. The van der Waals surface area contributed by atoms with Crippen molar-refractivity contribution in [3.63, 3.8) is 0 Å². The maximum absolute atomic E-state index is 14.1. The molecule has 0 aromatic heterocycles. The summed E-state index contributed by atoms with van der Waals surface area (Å²) in [6.07, 6.45) is 0. The molecule has 0 saturated carbocycles. The molecule has 2 aromatic rings. The number of carbonyl (C=O) groups is 2. The first-order chi connectivity index (χ1) is 14.7. The van der Waals surface area contributed by atoms with E-state index < -0.39 is 62.0 Å². The molecule has 0 N–H and O–H groups in total. The molecule has 0 bridgehead atoms. The Kier molecular flexibility index (Phi) is 9.75. The summed E-state index contributed by atoms with van der Waals surface area (Å²) in [5, 5.41) is 0. The molecule has 0 saturated heterocycles. The van der Waals surface area contributed by atoms with Gasteiger partial charge in [0.25, 0.3) is 0 Å². The molecule has 0 unspecified atom stereocenters. The summed E-state index contributed by atoms with van der Waals surface area (Å²) in [4.78, 5) is 25.5. The van der Waals surface area contributed by atoms with Gasteiger partial charge in [0.05, 0.1) is 0 Å². The molecule has 0 aliphatic heterocycles. The molecule has 9 heteroatoms. The van der Waals surface area contributed by atoms with Crippen molar-refractivity contribution in [3.05, 3.63) is 71.3 Å². The molecule has 0 aliphatic rings. The first-order valence-electron chi connectivity index (χ1n) is 10.4. The standard InChI is InChI=1S/2C7H5FO2.4C2H5.O.2Sn/c2*8-6-4-2-1-3-5(6)7(9)10;4*1-2;;;/h2*1-4H,(H,9,10);4*1H2,2H3;;;/q;;;;;;;2*+1/p-2. The quantitative estimate of drug-likeness (QED) is 0.298.